The summed E-state index contributed by atoms with van der Waals surface area (Å²) in [6.45, 7) is 3.46. The molecule has 0 bridgehead atoms. The molecule has 0 spiro atoms. The number of nitrogens with zero attached hydrogens (tertiary/aromatic N) is 5. The maximum Gasteiger partial charge on any atom is 0.358 e. The monoisotopic (exact) mass is 264 g/mol. The van der Waals surface area contributed by atoms with E-state index in [0.717, 1.165) is 5.82 Å². The first-order valence-corrected chi connectivity index (χ1v) is 5.97. The minimum Gasteiger partial charge on any atom is -0.476 e. The number of nitrogens with two attached hydrogens (primary N) is 1. The fourth-order valence-corrected chi connectivity index (χ4v) is 1.91. The Balaban J connectivity index is 2.16. The molecule has 0 atom stereocenters. The van der Waals surface area contributed by atoms with Crippen LogP contribution in [0.3, 0.4) is 0 Å². The average molecular weight is 264 g/mol. The van der Waals surface area contributed by atoms with Gasteiger partial charge in [-0.05, 0) is 13.5 Å². The van der Waals surface area contributed by atoms with Gasteiger partial charge in [0.2, 0.25) is 0 Å². The molecule has 0 fully saturated rings. The number of hydrogen-bond donors (Lipinski definition) is 2. The molecule has 0 aliphatic carbocycles. The lowest BCUT2D eigenvalue weighted by Gasteiger charge is -2.08. The van der Waals surface area contributed by atoms with Crippen molar-refractivity contribution in [3.8, 4) is 0 Å². The Bertz CT molecular complexity index is 574. The number of rotatable bonds is 6. The smallest absolute Gasteiger partial charge is 0.358 e. The van der Waals surface area contributed by atoms with Crippen molar-refractivity contribution in [2.45, 2.75) is 26.4 Å². The Morgan fingerprint density at radius 3 is 2.84 bits per heavy atom. The summed E-state index contributed by atoms with van der Waals surface area (Å²) >= 11 is 0. The van der Waals surface area contributed by atoms with Gasteiger partial charge in [0.05, 0.1) is 12.2 Å². The van der Waals surface area contributed by atoms with Crippen molar-refractivity contribution in [1.29, 1.82) is 0 Å². The molecular weight excluding hydrogens is 248 g/mol. The van der Waals surface area contributed by atoms with Crippen molar-refractivity contribution in [2.24, 2.45) is 5.73 Å². The molecule has 0 aliphatic heterocycles. The molecule has 0 amide bonds. The predicted molar refractivity (Wildman–Crippen MR) is 66.7 cm³/mol. The zero-order valence-electron chi connectivity index (χ0n) is 10.7. The SMILES string of the molecule is Cc1nccn1CCn1nnc(C(=O)O)c1CCN. The summed E-state index contributed by atoms with van der Waals surface area (Å²) in [7, 11) is 0. The molecule has 0 aliphatic rings. The lowest BCUT2D eigenvalue weighted by molar-refractivity contribution is 0.0689. The van der Waals surface area contributed by atoms with Crippen molar-refractivity contribution in [2.75, 3.05) is 6.54 Å². The highest BCUT2D eigenvalue weighted by molar-refractivity contribution is 5.86. The summed E-state index contributed by atoms with van der Waals surface area (Å²) in [5.41, 5.74) is 6.04. The van der Waals surface area contributed by atoms with Crippen LogP contribution in [0.4, 0.5) is 0 Å². The van der Waals surface area contributed by atoms with E-state index in [1.807, 2.05) is 17.7 Å². The van der Waals surface area contributed by atoms with Gasteiger partial charge >= 0.3 is 5.97 Å². The lowest BCUT2D eigenvalue weighted by Crippen LogP contribution is -2.16. The van der Waals surface area contributed by atoms with E-state index in [9.17, 15) is 4.79 Å². The number of carbonyl (C=O) groups is 1. The summed E-state index contributed by atoms with van der Waals surface area (Å²) in [5.74, 6) is -0.174. The average Bonchev–Trinajstić information content (AvgIpc) is 2.94. The highest BCUT2D eigenvalue weighted by atomic mass is 16.4. The van der Waals surface area contributed by atoms with Crippen LogP contribution in [0.1, 0.15) is 22.0 Å². The van der Waals surface area contributed by atoms with E-state index in [4.69, 9.17) is 10.8 Å². The Hall–Kier alpha value is -2.22. The fraction of sp³-hybridized carbons (Fsp3) is 0.455. The molecule has 8 heteroatoms. The number of carboxylic acids is 1. The topological polar surface area (TPSA) is 112 Å². The second-order valence-electron chi connectivity index (χ2n) is 4.12. The van der Waals surface area contributed by atoms with Gasteiger partial charge < -0.3 is 15.4 Å². The van der Waals surface area contributed by atoms with Crippen LogP contribution in [0.25, 0.3) is 0 Å². The zero-order chi connectivity index (χ0) is 13.8. The van der Waals surface area contributed by atoms with Crippen LogP contribution in [0.15, 0.2) is 12.4 Å². The van der Waals surface area contributed by atoms with Crippen molar-refractivity contribution in [1.82, 2.24) is 24.5 Å². The van der Waals surface area contributed by atoms with Gasteiger partial charge in [-0.3, -0.25) is 0 Å². The van der Waals surface area contributed by atoms with Crippen LogP contribution in [-0.2, 0) is 19.5 Å². The molecule has 2 aromatic rings. The van der Waals surface area contributed by atoms with Crippen molar-refractivity contribution in [3.63, 3.8) is 0 Å². The number of carboxylic acid groups (broad SMARTS) is 1. The Morgan fingerprint density at radius 2 is 2.26 bits per heavy atom. The number of aryl methyl sites for hydroxylation is 3. The van der Waals surface area contributed by atoms with E-state index in [2.05, 4.69) is 15.3 Å². The van der Waals surface area contributed by atoms with Crippen LogP contribution in [0.5, 0.6) is 0 Å². The fourth-order valence-electron chi connectivity index (χ4n) is 1.91. The van der Waals surface area contributed by atoms with Gasteiger partial charge in [0.1, 0.15) is 5.82 Å². The largest absolute Gasteiger partial charge is 0.476 e. The number of aromatic nitrogens is 5. The van der Waals surface area contributed by atoms with E-state index in [1.165, 1.54) is 0 Å². The van der Waals surface area contributed by atoms with Gasteiger partial charge in [0.25, 0.3) is 0 Å². The number of imidazole rings is 1. The standard InChI is InChI=1S/C11H16N6O2/c1-8-13-4-5-16(8)6-7-17-9(2-3-12)10(11(18)19)14-15-17/h4-5H,2-3,6-7,12H2,1H3,(H,18,19). The molecule has 0 radical (unpaired) electrons. The van der Waals surface area contributed by atoms with Gasteiger partial charge in [-0.2, -0.15) is 0 Å². The molecule has 19 heavy (non-hydrogen) atoms. The first-order valence-electron chi connectivity index (χ1n) is 5.97. The Kier molecular flexibility index (Phi) is 3.91. The summed E-state index contributed by atoms with van der Waals surface area (Å²) in [5, 5.41) is 16.6. The van der Waals surface area contributed by atoms with Crippen molar-refractivity contribution in [3.05, 3.63) is 29.6 Å². The first kappa shape index (κ1) is 13.2. The summed E-state index contributed by atoms with van der Waals surface area (Å²) < 4.78 is 3.56. The molecule has 8 nitrogen and oxygen atoms in total. The van der Waals surface area contributed by atoms with E-state index in [0.29, 0.717) is 31.7 Å². The molecule has 2 heterocycles. The highest BCUT2D eigenvalue weighted by Gasteiger charge is 2.18. The molecule has 0 aromatic carbocycles. The van der Waals surface area contributed by atoms with E-state index >= 15 is 0 Å². The Labute approximate surface area is 109 Å². The van der Waals surface area contributed by atoms with Gasteiger partial charge in [0, 0.05) is 25.4 Å². The number of aromatic carboxylic acids is 1. The minimum atomic E-state index is -1.08. The summed E-state index contributed by atoms with van der Waals surface area (Å²) in [6.07, 6.45) is 4.03. The third kappa shape index (κ3) is 2.79. The van der Waals surface area contributed by atoms with Gasteiger partial charge in [-0.1, -0.05) is 5.21 Å². The van der Waals surface area contributed by atoms with Crippen LogP contribution in [0.2, 0.25) is 0 Å². The van der Waals surface area contributed by atoms with Crippen LogP contribution < -0.4 is 5.73 Å². The van der Waals surface area contributed by atoms with Crippen LogP contribution >= 0.6 is 0 Å². The van der Waals surface area contributed by atoms with E-state index in [-0.39, 0.29) is 5.69 Å². The van der Waals surface area contributed by atoms with Gasteiger partial charge in [0.15, 0.2) is 5.69 Å². The normalized spacial score (nSPS) is 10.8. The third-order valence-corrected chi connectivity index (χ3v) is 2.90. The van der Waals surface area contributed by atoms with Crippen molar-refractivity contribution < 1.29 is 9.90 Å². The van der Waals surface area contributed by atoms with E-state index < -0.39 is 5.97 Å². The zero-order valence-corrected chi connectivity index (χ0v) is 10.7. The molecule has 2 aromatic heterocycles. The predicted octanol–water partition coefficient (Wildman–Crippen LogP) is -0.317. The maximum atomic E-state index is 11.0. The molecule has 0 unspecified atom stereocenters. The Morgan fingerprint density at radius 1 is 1.47 bits per heavy atom. The molecule has 0 saturated heterocycles. The maximum absolute atomic E-state index is 11.0. The molecule has 102 valence electrons. The van der Waals surface area contributed by atoms with Gasteiger partial charge in [-0.15, -0.1) is 5.10 Å². The highest BCUT2D eigenvalue weighted by Crippen LogP contribution is 2.07. The quantitative estimate of drug-likeness (QED) is 0.739. The second-order valence-corrected chi connectivity index (χ2v) is 4.12. The minimum absolute atomic E-state index is 0.0206. The van der Waals surface area contributed by atoms with Gasteiger partial charge in [-0.25, -0.2) is 14.5 Å². The first-order chi connectivity index (χ1) is 9.13. The summed E-state index contributed by atoms with van der Waals surface area (Å²) in [4.78, 5) is 15.1. The number of hydrogen-bond acceptors (Lipinski definition) is 5. The second kappa shape index (κ2) is 5.61. The van der Waals surface area contributed by atoms with Crippen molar-refractivity contribution >= 4 is 5.97 Å². The summed E-state index contributed by atoms with van der Waals surface area (Å²) in [6, 6.07) is 0. The van der Waals surface area contributed by atoms with Crippen LogP contribution in [0, 0.1) is 6.92 Å². The molecule has 2 rings (SSSR count). The molecule has 0 saturated carbocycles. The van der Waals surface area contributed by atoms with Crippen LogP contribution in [-0.4, -0.2) is 42.2 Å². The molecular formula is C11H16N6O2. The van der Waals surface area contributed by atoms with E-state index in [1.54, 1.807) is 10.9 Å². The third-order valence-electron chi connectivity index (χ3n) is 2.90. The lowest BCUT2D eigenvalue weighted by atomic mass is 10.2. The molecule has 3 N–H and O–H groups in total.